The Hall–Kier alpha value is -2.08. The summed E-state index contributed by atoms with van der Waals surface area (Å²) in [6.07, 6.45) is 0. The molecule has 17 heavy (non-hydrogen) atoms. The first kappa shape index (κ1) is 13.0. The molecule has 92 valence electrons. The molecule has 6 heteroatoms. The van der Waals surface area contributed by atoms with E-state index in [1.54, 1.807) is 18.2 Å². The molecule has 0 aliphatic carbocycles. The molecule has 0 fully saturated rings. The summed E-state index contributed by atoms with van der Waals surface area (Å²) < 4.78 is 0. The molecule has 0 bridgehead atoms. The molecule has 0 unspecified atom stereocenters. The summed E-state index contributed by atoms with van der Waals surface area (Å²) in [6.45, 7) is 1.66. The molecule has 0 heterocycles. The second-order valence-corrected chi connectivity index (χ2v) is 3.53. The molecule has 0 saturated heterocycles. The first-order valence-electron chi connectivity index (χ1n) is 5.22. The highest BCUT2D eigenvalue weighted by Crippen LogP contribution is 2.03. The monoisotopic (exact) mass is 236 g/mol. The summed E-state index contributed by atoms with van der Waals surface area (Å²) in [6, 6.07) is 6.53. The van der Waals surface area contributed by atoms with Crippen molar-refractivity contribution in [2.75, 3.05) is 13.1 Å². The number of amides is 3. The van der Waals surface area contributed by atoms with Gasteiger partial charge in [0.2, 0.25) is 5.91 Å². The lowest BCUT2D eigenvalue weighted by Gasteiger charge is -2.06. The minimum absolute atomic E-state index is 0.442. The minimum Gasteiger partial charge on any atom is -0.366 e. The molecule has 1 rings (SSSR count). The van der Waals surface area contributed by atoms with E-state index in [1.807, 2.05) is 6.07 Å². The van der Waals surface area contributed by atoms with Gasteiger partial charge in [-0.1, -0.05) is 12.1 Å². The first-order valence-corrected chi connectivity index (χ1v) is 5.22. The third kappa shape index (κ3) is 4.98. The highest BCUT2D eigenvalue weighted by atomic mass is 16.2. The lowest BCUT2D eigenvalue weighted by atomic mass is 10.1. The van der Waals surface area contributed by atoms with E-state index in [-0.39, 0.29) is 0 Å². The standard InChI is InChI=1S/C11H16N4O2/c12-10(16)9-3-1-2-8(6-9)7-14-4-5-15-11(13)17/h1-3,6,14H,4-5,7H2,(H2,12,16)(H3,13,15,17). The Kier molecular flexibility index (Phi) is 4.96. The smallest absolute Gasteiger partial charge is 0.312 e. The van der Waals surface area contributed by atoms with Gasteiger partial charge in [0.05, 0.1) is 0 Å². The van der Waals surface area contributed by atoms with Gasteiger partial charge in [0.15, 0.2) is 0 Å². The molecule has 6 nitrogen and oxygen atoms in total. The third-order valence-corrected chi connectivity index (χ3v) is 2.14. The Morgan fingerprint density at radius 2 is 1.94 bits per heavy atom. The zero-order valence-electron chi connectivity index (χ0n) is 9.40. The van der Waals surface area contributed by atoms with Crippen LogP contribution in [0.1, 0.15) is 15.9 Å². The van der Waals surface area contributed by atoms with Crippen LogP contribution in [-0.2, 0) is 6.54 Å². The van der Waals surface area contributed by atoms with E-state index in [0.717, 1.165) is 5.56 Å². The Bertz CT molecular complexity index is 406. The highest BCUT2D eigenvalue weighted by Gasteiger charge is 2.00. The largest absolute Gasteiger partial charge is 0.366 e. The summed E-state index contributed by atoms with van der Waals surface area (Å²) in [5.74, 6) is -0.442. The Labute approximate surface area is 99.4 Å². The highest BCUT2D eigenvalue weighted by molar-refractivity contribution is 5.92. The fourth-order valence-electron chi connectivity index (χ4n) is 1.34. The maximum Gasteiger partial charge on any atom is 0.312 e. The van der Waals surface area contributed by atoms with Crippen molar-refractivity contribution in [2.45, 2.75) is 6.54 Å². The Morgan fingerprint density at radius 1 is 1.18 bits per heavy atom. The molecule has 0 aromatic heterocycles. The van der Waals surface area contributed by atoms with Crippen molar-refractivity contribution in [1.82, 2.24) is 10.6 Å². The summed E-state index contributed by atoms with van der Waals surface area (Å²) in [5, 5.41) is 5.56. The number of hydrogen-bond donors (Lipinski definition) is 4. The SMILES string of the molecule is NC(=O)NCCNCc1cccc(C(N)=O)c1. The van der Waals surface area contributed by atoms with Crippen LogP contribution >= 0.6 is 0 Å². The van der Waals surface area contributed by atoms with Crippen molar-refractivity contribution in [3.63, 3.8) is 0 Å². The van der Waals surface area contributed by atoms with E-state index in [4.69, 9.17) is 11.5 Å². The predicted molar refractivity (Wildman–Crippen MR) is 64.3 cm³/mol. The van der Waals surface area contributed by atoms with E-state index >= 15 is 0 Å². The van der Waals surface area contributed by atoms with Gasteiger partial charge in [-0.15, -0.1) is 0 Å². The molecule has 6 N–H and O–H groups in total. The average molecular weight is 236 g/mol. The molecular formula is C11H16N4O2. The number of benzene rings is 1. The number of carbonyl (C=O) groups is 2. The molecule has 1 aromatic rings. The van der Waals surface area contributed by atoms with E-state index in [0.29, 0.717) is 25.2 Å². The summed E-state index contributed by atoms with van der Waals surface area (Å²) in [4.78, 5) is 21.3. The second kappa shape index (κ2) is 6.49. The quantitative estimate of drug-likeness (QED) is 0.502. The number of primary amides is 2. The summed E-state index contributed by atoms with van der Waals surface area (Å²) >= 11 is 0. The first-order chi connectivity index (χ1) is 8.09. The molecule has 0 saturated carbocycles. The minimum atomic E-state index is -0.539. The van der Waals surface area contributed by atoms with Crippen molar-refractivity contribution >= 4 is 11.9 Å². The second-order valence-electron chi connectivity index (χ2n) is 3.53. The number of nitrogens with two attached hydrogens (primary N) is 2. The van der Waals surface area contributed by atoms with Crippen LogP contribution in [0.2, 0.25) is 0 Å². The average Bonchev–Trinajstić information content (AvgIpc) is 2.28. The van der Waals surface area contributed by atoms with Crippen molar-refractivity contribution in [3.05, 3.63) is 35.4 Å². The van der Waals surface area contributed by atoms with Gasteiger partial charge in [-0.05, 0) is 17.7 Å². The van der Waals surface area contributed by atoms with Crippen LogP contribution in [0, 0.1) is 0 Å². The van der Waals surface area contributed by atoms with Crippen LogP contribution in [0.4, 0.5) is 4.79 Å². The zero-order chi connectivity index (χ0) is 12.7. The summed E-state index contributed by atoms with van der Waals surface area (Å²) in [5.41, 5.74) is 11.5. The molecule has 1 aromatic carbocycles. The number of nitrogens with one attached hydrogen (secondary N) is 2. The van der Waals surface area contributed by atoms with Crippen molar-refractivity contribution in [1.29, 1.82) is 0 Å². The Morgan fingerprint density at radius 3 is 2.59 bits per heavy atom. The topological polar surface area (TPSA) is 110 Å². The molecule has 3 amide bonds. The molecule has 0 atom stereocenters. The van der Waals surface area contributed by atoms with Gasteiger partial charge in [0.25, 0.3) is 0 Å². The maximum atomic E-state index is 10.9. The predicted octanol–water partition coefficient (Wildman–Crippen LogP) is -0.457. The van der Waals surface area contributed by atoms with Gasteiger partial charge < -0.3 is 22.1 Å². The molecule has 0 aliphatic rings. The summed E-state index contributed by atoms with van der Waals surface area (Å²) in [7, 11) is 0. The van der Waals surface area contributed by atoms with E-state index in [2.05, 4.69) is 10.6 Å². The third-order valence-electron chi connectivity index (χ3n) is 2.14. The number of carbonyl (C=O) groups excluding carboxylic acids is 2. The normalized spacial score (nSPS) is 9.88. The lowest BCUT2D eigenvalue weighted by molar-refractivity contribution is 0.1000. The van der Waals surface area contributed by atoms with Gasteiger partial charge >= 0.3 is 6.03 Å². The van der Waals surface area contributed by atoms with Crippen LogP contribution in [0.3, 0.4) is 0 Å². The van der Waals surface area contributed by atoms with E-state index < -0.39 is 11.9 Å². The molecule has 0 radical (unpaired) electrons. The van der Waals surface area contributed by atoms with Crippen LogP contribution in [0.25, 0.3) is 0 Å². The van der Waals surface area contributed by atoms with Crippen LogP contribution in [0.5, 0.6) is 0 Å². The number of hydrogen-bond acceptors (Lipinski definition) is 3. The van der Waals surface area contributed by atoms with E-state index in [1.165, 1.54) is 0 Å². The van der Waals surface area contributed by atoms with Gasteiger partial charge in [-0.3, -0.25) is 4.79 Å². The zero-order valence-corrected chi connectivity index (χ0v) is 9.40. The van der Waals surface area contributed by atoms with Crippen molar-refractivity contribution in [3.8, 4) is 0 Å². The molecule has 0 spiro atoms. The van der Waals surface area contributed by atoms with Crippen LogP contribution in [0.15, 0.2) is 24.3 Å². The van der Waals surface area contributed by atoms with Crippen LogP contribution in [-0.4, -0.2) is 25.0 Å². The fourth-order valence-corrected chi connectivity index (χ4v) is 1.34. The number of rotatable bonds is 6. The van der Waals surface area contributed by atoms with Gasteiger partial charge in [0.1, 0.15) is 0 Å². The molecule has 0 aliphatic heterocycles. The Balaban J connectivity index is 2.34. The maximum absolute atomic E-state index is 10.9. The lowest BCUT2D eigenvalue weighted by Crippen LogP contribution is -2.35. The molecular weight excluding hydrogens is 220 g/mol. The van der Waals surface area contributed by atoms with Gasteiger partial charge in [-0.25, -0.2) is 4.79 Å². The number of urea groups is 1. The van der Waals surface area contributed by atoms with Crippen molar-refractivity contribution < 1.29 is 9.59 Å². The van der Waals surface area contributed by atoms with Crippen molar-refractivity contribution in [2.24, 2.45) is 11.5 Å². The van der Waals surface area contributed by atoms with Gasteiger partial charge in [-0.2, -0.15) is 0 Å². The fraction of sp³-hybridized carbons (Fsp3) is 0.273. The van der Waals surface area contributed by atoms with Gasteiger partial charge in [0, 0.05) is 25.2 Å². The van der Waals surface area contributed by atoms with E-state index in [9.17, 15) is 9.59 Å². The van der Waals surface area contributed by atoms with Crippen LogP contribution < -0.4 is 22.1 Å².